The van der Waals surface area contributed by atoms with E-state index in [1.807, 2.05) is 0 Å². The van der Waals surface area contributed by atoms with E-state index in [1.165, 1.54) is 6.20 Å². The summed E-state index contributed by atoms with van der Waals surface area (Å²) in [6.45, 7) is 2.80. The zero-order chi connectivity index (χ0) is 11.1. The average molecular weight is 247 g/mol. The summed E-state index contributed by atoms with van der Waals surface area (Å²) in [5.74, 6) is 0. The van der Waals surface area contributed by atoms with Gasteiger partial charge in [-0.2, -0.15) is 0 Å². The van der Waals surface area contributed by atoms with Crippen molar-refractivity contribution in [1.29, 1.82) is 0 Å². The highest BCUT2D eigenvalue weighted by Gasteiger charge is 1.99. The molecule has 0 atom stereocenters. The van der Waals surface area contributed by atoms with Crippen LogP contribution in [-0.2, 0) is 4.74 Å². The maximum absolute atomic E-state index is 5.85. The number of unbranched alkanes of at least 4 members (excludes halogenated alkanes) is 1. The van der Waals surface area contributed by atoms with Crippen molar-refractivity contribution in [3.8, 4) is 0 Å². The summed E-state index contributed by atoms with van der Waals surface area (Å²) in [5, 5.41) is 0.627. The van der Waals surface area contributed by atoms with Gasteiger partial charge >= 0.3 is 0 Å². The van der Waals surface area contributed by atoms with Gasteiger partial charge in [0.05, 0.1) is 29.8 Å². The summed E-state index contributed by atoms with van der Waals surface area (Å²) in [4.78, 5) is 7.69. The molecule has 0 aromatic carbocycles. The maximum Gasteiger partial charge on any atom is 0.222 e. The maximum atomic E-state index is 5.85. The van der Waals surface area contributed by atoms with E-state index in [9.17, 15) is 0 Å². The van der Waals surface area contributed by atoms with E-state index in [0.717, 1.165) is 12.8 Å². The van der Waals surface area contributed by atoms with Gasteiger partial charge in [-0.1, -0.05) is 24.9 Å². The Bertz CT molecular complexity index is 342. The first kappa shape index (κ1) is 12.3. The first-order chi connectivity index (χ1) is 7.24. The van der Waals surface area contributed by atoms with Gasteiger partial charge < -0.3 is 4.74 Å². The molecule has 5 heteroatoms. The summed E-state index contributed by atoms with van der Waals surface area (Å²) >= 11 is 11.5. The van der Waals surface area contributed by atoms with Crippen molar-refractivity contribution in [2.24, 2.45) is 0 Å². The monoisotopic (exact) mass is 246 g/mol. The number of halogens is 2. The fourth-order valence-corrected chi connectivity index (χ4v) is 1.18. The van der Waals surface area contributed by atoms with Gasteiger partial charge in [-0.3, -0.25) is 0 Å². The zero-order valence-corrected chi connectivity index (χ0v) is 9.92. The van der Waals surface area contributed by atoms with E-state index >= 15 is 0 Å². The van der Waals surface area contributed by atoms with E-state index in [1.54, 1.807) is 12.3 Å². The highest BCUT2D eigenvalue weighted by Crippen LogP contribution is 2.15. The molecule has 0 saturated carbocycles. The van der Waals surface area contributed by atoms with Crippen LogP contribution < -0.4 is 0 Å². The molecule has 1 rings (SSSR count). The van der Waals surface area contributed by atoms with Crippen LogP contribution in [0, 0.1) is 0 Å². The van der Waals surface area contributed by atoms with Crippen LogP contribution in [0.4, 0.5) is 0 Å². The average Bonchev–Trinajstić information content (AvgIpc) is 2.23. The minimum Gasteiger partial charge on any atom is -0.501 e. The lowest BCUT2D eigenvalue weighted by Gasteiger charge is -1.99. The normalized spacial score (nSPS) is 10.9. The van der Waals surface area contributed by atoms with Crippen LogP contribution in [0.15, 0.2) is 12.5 Å². The lowest BCUT2D eigenvalue weighted by Crippen LogP contribution is -1.89. The minimum absolute atomic E-state index is 0.174. The van der Waals surface area contributed by atoms with Crippen molar-refractivity contribution in [1.82, 2.24) is 9.97 Å². The highest BCUT2D eigenvalue weighted by molar-refractivity contribution is 6.32. The van der Waals surface area contributed by atoms with Gasteiger partial charge in [0.25, 0.3) is 0 Å². The minimum atomic E-state index is 0.174. The Balaban J connectivity index is 2.52. The number of ether oxygens (including phenoxy) is 1. The number of hydrogen-bond acceptors (Lipinski definition) is 3. The summed E-state index contributed by atoms with van der Waals surface area (Å²) in [7, 11) is 0. The molecule has 82 valence electrons. The van der Waals surface area contributed by atoms with E-state index in [0.29, 0.717) is 17.3 Å². The van der Waals surface area contributed by atoms with Crippen molar-refractivity contribution in [3.05, 3.63) is 28.5 Å². The lowest BCUT2D eigenvalue weighted by atomic mass is 10.4. The molecular formula is C10H12Cl2N2O. The third kappa shape index (κ3) is 4.49. The van der Waals surface area contributed by atoms with Crippen molar-refractivity contribution in [2.75, 3.05) is 6.61 Å². The van der Waals surface area contributed by atoms with Crippen molar-refractivity contribution >= 4 is 29.3 Å². The fourth-order valence-electron chi connectivity index (χ4n) is 0.883. The van der Waals surface area contributed by atoms with E-state index in [2.05, 4.69) is 16.9 Å². The van der Waals surface area contributed by atoms with Gasteiger partial charge in [0.15, 0.2) is 0 Å². The Kier molecular flexibility index (Phi) is 5.43. The summed E-state index contributed by atoms with van der Waals surface area (Å²) in [5.41, 5.74) is 0.563. The predicted molar refractivity (Wildman–Crippen MR) is 61.9 cm³/mol. The molecule has 0 aliphatic heterocycles. The molecule has 0 radical (unpaired) electrons. The molecule has 15 heavy (non-hydrogen) atoms. The van der Waals surface area contributed by atoms with Crippen molar-refractivity contribution in [2.45, 2.75) is 19.8 Å². The Morgan fingerprint density at radius 2 is 2.27 bits per heavy atom. The number of hydrogen-bond donors (Lipinski definition) is 0. The molecule has 0 fully saturated rings. The van der Waals surface area contributed by atoms with Crippen LogP contribution in [0.5, 0.6) is 0 Å². The standard InChI is InChI=1S/C10H12Cl2N2O/c1-2-3-5-15-6-4-9-8(11)7-13-10(12)14-9/h4,6-7H,2-3,5H2,1H3. The molecule has 3 nitrogen and oxygen atoms in total. The van der Waals surface area contributed by atoms with Gasteiger partial charge in [0.2, 0.25) is 5.28 Å². The van der Waals surface area contributed by atoms with Crippen molar-refractivity contribution in [3.63, 3.8) is 0 Å². The molecule has 0 aliphatic carbocycles. The molecule has 0 bridgehead atoms. The molecule has 1 heterocycles. The topological polar surface area (TPSA) is 35.0 Å². The third-order valence-corrected chi connectivity index (χ3v) is 2.15. The van der Waals surface area contributed by atoms with E-state index in [4.69, 9.17) is 27.9 Å². The molecule has 1 aromatic heterocycles. The second-order valence-electron chi connectivity index (χ2n) is 2.90. The molecular weight excluding hydrogens is 235 g/mol. The number of aromatic nitrogens is 2. The van der Waals surface area contributed by atoms with Crippen LogP contribution >= 0.6 is 23.2 Å². The number of rotatable bonds is 5. The van der Waals surface area contributed by atoms with Crippen LogP contribution in [0.1, 0.15) is 25.5 Å². The fraction of sp³-hybridized carbons (Fsp3) is 0.400. The molecule has 0 amide bonds. The summed E-state index contributed by atoms with van der Waals surface area (Å²) in [6.07, 6.45) is 6.84. The van der Waals surface area contributed by atoms with E-state index < -0.39 is 0 Å². The number of nitrogens with zero attached hydrogens (tertiary/aromatic N) is 2. The molecule has 0 saturated heterocycles. The Morgan fingerprint density at radius 1 is 1.47 bits per heavy atom. The molecule has 0 spiro atoms. The van der Waals surface area contributed by atoms with Gasteiger partial charge in [-0.25, -0.2) is 9.97 Å². The van der Waals surface area contributed by atoms with Gasteiger partial charge in [0.1, 0.15) is 0 Å². The van der Waals surface area contributed by atoms with Crippen LogP contribution in [-0.4, -0.2) is 16.6 Å². The Labute approximate surface area is 99.1 Å². The first-order valence-electron chi connectivity index (χ1n) is 4.70. The molecule has 1 aromatic rings. The molecule has 0 aliphatic rings. The third-order valence-electron chi connectivity index (χ3n) is 1.68. The largest absolute Gasteiger partial charge is 0.501 e. The SMILES string of the molecule is CCCCOC=Cc1nc(Cl)ncc1Cl. The molecule has 0 N–H and O–H groups in total. The quantitative estimate of drug-likeness (QED) is 0.453. The summed E-state index contributed by atoms with van der Waals surface area (Å²) < 4.78 is 5.23. The van der Waals surface area contributed by atoms with Crippen LogP contribution in [0.3, 0.4) is 0 Å². The van der Waals surface area contributed by atoms with Gasteiger partial charge in [-0.15, -0.1) is 0 Å². The first-order valence-corrected chi connectivity index (χ1v) is 5.46. The van der Waals surface area contributed by atoms with Gasteiger partial charge in [0, 0.05) is 0 Å². The van der Waals surface area contributed by atoms with Crippen LogP contribution in [0.2, 0.25) is 10.3 Å². The van der Waals surface area contributed by atoms with Gasteiger partial charge in [-0.05, 0) is 24.1 Å². The highest BCUT2D eigenvalue weighted by atomic mass is 35.5. The Hall–Kier alpha value is -0.800. The Morgan fingerprint density at radius 3 is 3.00 bits per heavy atom. The van der Waals surface area contributed by atoms with E-state index in [-0.39, 0.29) is 5.28 Å². The smallest absolute Gasteiger partial charge is 0.222 e. The second kappa shape index (κ2) is 6.64. The summed E-state index contributed by atoms with van der Waals surface area (Å²) in [6, 6.07) is 0. The second-order valence-corrected chi connectivity index (χ2v) is 3.64. The molecule has 0 unspecified atom stereocenters. The van der Waals surface area contributed by atoms with Crippen molar-refractivity contribution < 1.29 is 4.74 Å². The predicted octanol–water partition coefficient (Wildman–Crippen LogP) is 3.57. The lowest BCUT2D eigenvalue weighted by molar-refractivity contribution is 0.246. The zero-order valence-electron chi connectivity index (χ0n) is 8.41. The van der Waals surface area contributed by atoms with Crippen LogP contribution in [0.25, 0.3) is 6.08 Å².